The summed E-state index contributed by atoms with van der Waals surface area (Å²) < 4.78 is 5.83. The molecule has 15 heavy (non-hydrogen) atoms. The molecule has 0 heterocycles. The van der Waals surface area contributed by atoms with Crippen molar-refractivity contribution >= 4 is 5.96 Å². The largest absolute Gasteiger partial charge is 0.375 e. The first kappa shape index (κ1) is 12.3. The molecular weight excluding hydrogens is 190 g/mol. The van der Waals surface area contributed by atoms with Crippen LogP contribution in [-0.2, 0) is 4.74 Å². The normalized spacial score (nSPS) is 30.1. The van der Waals surface area contributed by atoms with E-state index >= 15 is 0 Å². The first-order chi connectivity index (χ1) is 6.87. The lowest BCUT2D eigenvalue weighted by molar-refractivity contribution is -0.134. The van der Waals surface area contributed by atoms with Crippen molar-refractivity contribution in [2.45, 2.75) is 52.4 Å². The van der Waals surface area contributed by atoms with Gasteiger partial charge in [-0.05, 0) is 20.3 Å². The Morgan fingerprint density at radius 1 is 1.53 bits per heavy atom. The summed E-state index contributed by atoms with van der Waals surface area (Å²) in [6.07, 6.45) is 1.61. The van der Waals surface area contributed by atoms with Crippen molar-refractivity contribution in [3.8, 4) is 0 Å². The summed E-state index contributed by atoms with van der Waals surface area (Å²) in [7, 11) is 1.69. The summed E-state index contributed by atoms with van der Waals surface area (Å²) in [6.45, 7) is 8.53. The van der Waals surface area contributed by atoms with E-state index < -0.39 is 0 Å². The topological polar surface area (TPSA) is 59.6 Å². The molecule has 4 heteroatoms. The summed E-state index contributed by atoms with van der Waals surface area (Å²) in [5.74, 6) is 0.510. The molecule has 0 saturated heterocycles. The van der Waals surface area contributed by atoms with Gasteiger partial charge in [-0.25, -0.2) is 0 Å². The van der Waals surface area contributed by atoms with Gasteiger partial charge in [-0.2, -0.15) is 0 Å². The second-order valence-corrected chi connectivity index (χ2v) is 5.04. The highest BCUT2D eigenvalue weighted by Crippen LogP contribution is 2.43. The Labute approximate surface area is 92.3 Å². The van der Waals surface area contributed by atoms with E-state index in [0.717, 1.165) is 6.42 Å². The zero-order valence-corrected chi connectivity index (χ0v) is 10.4. The van der Waals surface area contributed by atoms with Gasteiger partial charge in [0.1, 0.15) is 0 Å². The lowest BCUT2D eigenvalue weighted by Crippen LogP contribution is -2.63. The zero-order valence-electron chi connectivity index (χ0n) is 10.4. The predicted molar refractivity (Wildman–Crippen MR) is 62.9 cm³/mol. The molecular formula is C11H23N3O. The van der Waals surface area contributed by atoms with Crippen molar-refractivity contribution in [3.63, 3.8) is 0 Å². The molecule has 88 valence electrons. The minimum atomic E-state index is 0.125. The fourth-order valence-corrected chi connectivity index (χ4v) is 1.93. The Balaban J connectivity index is 2.48. The van der Waals surface area contributed by atoms with Gasteiger partial charge in [-0.15, -0.1) is 0 Å². The summed E-state index contributed by atoms with van der Waals surface area (Å²) in [5.41, 5.74) is 5.77. The van der Waals surface area contributed by atoms with Crippen LogP contribution in [0, 0.1) is 5.41 Å². The molecule has 0 spiro atoms. The molecule has 4 nitrogen and oxygen atoms in total. The monoisotopic (exact) mass is 213 g/mol. The van der Waals surface area contributed by atoms with Crippen LogP contribution in [0.3, 0.4) is 0 Å². The molecule has 0 amide bonds. The Morgan fingerprint density at radius 3 is 2.53 bits per heavy atom. The van der Waals surface area contributed by atoms with Crippen LogP contribution in [0.5, 0.6) is 0 Å². The van der Waals surface area contributed by atoms with E-state index in [2.05, 4.69) is 38.0 Å². The van der Waals surface area contributed by atoms with Gasteiger partial charge in [-0.3, -0.25) is 4.99 Å². The Bertz CT molecular complexity index is 248. The maximum atomic E-state index is 5.83. The average Bonchev–Trinajstić information content (AvgIpc) is 2.15. The molecule has 1 fully saturated rings. The predicted octanol–water partition coefficient (Wildman–Crippen LogP) is 1.11. The number of nitrogens with two attached hydrogens (primary N) is 1. The van der Waals surface area contributed by atoms with Crippen LogP contribution >= 0.6 is 0 Å². The van der Waals surface area contributed by atoms with Crippen LogP contribution in [0.25, 0.3) is 0 Å². The average molecular weight is 213 g/mol. The van der Waals surface area contributed by atoms with Gasteiger partial charge in [0.05, 0.1) is 12.2 Å². The van der Waals surface area contributed by atoms with Crippen LogP contribution in [0.4, 0.5) is 0 Å². The Kier molecular flexibility index (Phi) is 3.60. The zero-order chi connectivity index (χ0) is 11.6. The van der Waals surface area contributed by atoms with Gasteiger partial charge in [0.25, 0.3) is 0 Å². The lowest BCUT2D eigenvalue weighted by atomic mass is 9.64. The summed E-state index contributed by atoms with van der Waals surface area (Å²) in [6, 6.07) is 0.366. The third-order valence-corrected chi connectivity index (χ3v) is 3.18. The Hall–Kier alpha value is -0.770. The molecule has 0 bridgehead atoms. The third kappa shape index (κ3) is 2.62. The minimum absolute atomic E-state index is 0.125. The number of nitrogens with one attached hydrogen (secondary N) is 1. The van der Waals surface area contributed by atoms with Crippen molar-refractivity contribution < 1.29 is 4.74 Å². The summed E-state index contributed by atoms with van der Waals surface area (Å²) in [5, 5.41) is 3.21. The lowest BCUT2D eigenvalue weighted by Gasteiger charge is -2.52. The molecule has 2 unspecified atom stereocenters. The number of hydrogen-bond acceptors (Lipinski definition) is 2. The molecule has 0 radical (unpaired) electrons. The van der Waals surface area contributed by atoms with Crippen molar-refractivity contribution in [3.05, 3.63) is 0 Å². The second-order valence-electron chi connectivity index (χ2n) is 5.04. The molecule has 0 aromatic rings. The highest BCUT2D eigenvalue weighted by Gasteiger charge is 2.49. The van der Waals surface area contributed by atoms with Crippen LogP contribution in [-0.4, -0.2) is 31.3 Å². The first-order valence-electron chi connectivity index (χ1n) is 5.52. The van der Waals surface area contributed by atoms with E-state index in [1.54, 1.807) is 7.05 Å². The maximum absolute atomic E-state index is 5.83. The van der Waals surface area contributed by atoms with Crippen molar-refractivity contribution in [1.29, 1.82) is 0 Å². The molecule has 1 saturated carbocycles. The quantitative estimate of drug-likeness (QED) is 0.545. The SMILES string of the molecule is CN=C(N)NC1CC(OC(C)C)C1(C)C. The molecule has 0 aliphatic heterocycles. The van der Waals surface area contributed by atoms with E-state index in [4.69, 9.17) is 10.5 Å². The number of guanidine groups is 1. The third-order valence-electron chi connectivity index (χ3n) is 3.18. The molecule has 0 aromatic heterocycles. The number of hydrogen-bond donors (Lipinski definition) is 2. The minimum Gasteiger partial charge on any atom is -0.375 e. The number of aliphatic imine (C=N–C) groups is 1. The fourth-order valence-electron chi connectivity index (χ4n) is 1.93. The number of nitrogens with zero attached hydrogens (tertiary/aromatic N) is 1. The van der Waals surface area contributed by atoms with Gasteiger partial charge in [0.15, 0.2) is 5.96 Å². The van der Waals surface area contributed by atoms with Crippen molar-refractivity contribution in [2.75, 3.05) is 7.05 Å². The van der Waals surface area contributed by atoms with Crippen LogP contribution in [0.1, 0.15) is 34.1 Å². The molecule has 3 N–H and O–H groups in total. The van der Waals surface area contributed by atoms with E-state index in [1.165, 1.54) is 0 Å². The van der Waals surface area contributed by atoms with Gasteiger partial charge in [0, 0.05) is 18.5 Å². The van der Waals surface area contributed by atoms with Gasteiger partial charge >= 0.3 is 0 Å². The van der Waals surface area contributed by atoms with Gasteiger partial charge in [-0.1, -0.05) is 13.8 Å². The second kappa shape index (κ2) is 4.39. The molecule has 1 aliphatic carbocycles. The number of ether oxygens (including phenoxy) is 1. The Morgan fingerprint density at radius 2 is 2.13 bits per heavy atom. The van der Waals surface area contributed by atoms with Crippen LogP contribution in [0.2, 0.25) is 0 Å². The summed E-state index contributed by atoms with van der Waals surface area (Å²) in [4.78, 5) is 3.90. The van der Waals surface area contributed by atoms with E-state index in [-0.39, 0.29) is 11.5 Å². The fraction of sp³-hybridized carbons (Fsp3) is 0.909. The van der Waals surface area contributed by atoms with E-state index in [9.17, 15) is 0 Å². The van der Waals surface area contributed by atoms with Crippen LogP contribution < -0.4 is 11.1 Å². The molecule has 2 atom stereocenters. The highest BCUT2D eigenvalue weighted by molar-refractivity contribution is 5.78. The molecule has 0 aromatic carbocycles. The van der Waals surface area contributed by atoms with E-state index in [0.29, 0.717) is 18.1 Å². The van der Waals surface area contributed by atoms with Crippen molar-refractivity contribution in [2.24, 2.45) is 16.1 Å². The molecule has 1 rings (SSSR count). The van der Waals surface area contributed by atoms with Crippen molar-refractivity contribution in [1.82, 2.24) is 5.32 Å². The standard InChI is InChI=1S/C11H23N3O/c1-7(2)15-9-6-8(11(9,3)4)14-10(12)13-5/h7-9H,6H2,1-5H3,(H3,12,13,14). The van der Waals surface area contributed by atoms with Gasteiger partial charge in [0.2, 0.25) is 0 Å². The smallest absolute Gasteiger partial charge is 0.188 e. The number of rotatable bonds is 3. The first-order valence-corrected chi connectivity index (χ1v) is 5.52. The highest BCUT2D eigenvalue weighted by atomic mass is 16.5. The summed E-state index contributed by atoms with van der Waals surface area (Å²) >= 11 is 0. The molecule has 1 aliphatic rings. The maximum Gasteiger partial charge on any atom is 0.188 e. The van der Waals surface area contributed by atoms with Crippen LogP contribution in [0.15, 0.2) is 4.99 Å². The van der Waals surface area contributed by atoms with E-state index in [1.807, 2.05) is 0 Å². The van der Waals surface area contributed by atoms with Gasteiger partial charge < -0.3 is 15.8 Å².